The van der Waals surface area contributed by atoms with Crippen LogP contribution in [0.4, 0.5) is 11.4 Å². The van der Waals surface area contributed by atoms with E-state index >= 15 is 0 Å². The molecule has 2 rings (SSSR count). The third kappa shape index (κ3) is 3.74. The summed E-state index contributed by atoms with van der Waals surface area (Å²) in [7, 11) is 0. The first-order valence-electron chi connectivity index (χ1n) is 7.34. The predicted octanol–water partition coefficient (Wildman–Crippen LogP) is 4.51. The van der Waals surface area contributed by atoms with Crippen LogP contribution >= 0.6 is 15.9 Å². The fourth-order valence-corrected chi connectivity index (χ4v) is 3.24. The van der Waals surface area contributed by atoms with Crippen molar-refractivity contribution in [3.05, 3.63) is 32.8 Å². The van der Waals surface area contributed by atoms with Crippen molar-refractivity contribution in [2.24, 2.45) is 0 Å². The van der Waals surface area contributed by atoms with Crippen LogP contribution in [0.1, 0.15) is 39.5 Å². The maximum absolute atomic E-state index is 11.2. The molecule has 1 aromatic carbocycles. The Morgan fingerprint density at radius 3 is 2.81 bits per heavy atom. The van der Waals surface area contributed by atoms with Gasteiger partial charge >= 0.3 is 0 Å². The maximum Gasteiger partial charge on any atom is 0.293 e. The van der Waals surface area contributed by atoms with E-state index in [2.05, 4.69) is 35.1 Å². The van der Waals surface area contributed by atoms with Gasteiger partial charge in [-0.15, -0.1) is 0 Å². The largest absolute Gasteiger partial charge is 0.377 e. The lowest BCUT2D eigenvalue weighted by Crippen LogP contribution is -2.43. The number of nitro benzene ring substituents is 1. The van der Waals surface area contributed by atoms with Crippen molar-refractivity contribution in [3.63, 3.8) is 0 Å². The molecule has 0 bridgehead atoms. The van der Waals surface area contributed by atoms with Crippen molar-refractivity contribution in [1.82, 2.24) is 0 Å². The van der Waals surface area contributed by atoms with Gasteiger partial charge in [0.1, 0.15) is 5.69 Å². The average Bonchev–Trinajstić information content (AvgIpc) is 2.49. The van der Waals surface area contributed by atoms with Gasteiger partial charge < -0.3 is 10.1 Å². The second-order valence-electron chi connectivity index (χ2n) is 5.49. The van der Waals surface area contributed by atoms with Crippen molar-refractivity contribution >= 4 is 27.3 Å². The number of nitrogens with one attached hydrogen (secondary N) is 1. The van der Waals surface area contributed by atoms with Crippen LogP contribution in [0.15, 0.2) is 22.7 Å². The normalized spacial score (nSPS) is 21.0. The molecule has 5 nitrogen and oxygen atoms in total. The number of halogens is 1. The molecule has 6 heteroatoms. The molecule has 1 aromatic rings. The topological polar surface area (TPSA) is 64.4 Å². The number of hydrogen-bond donors (Lipinski definition) is 1. The number of nitro groups is 1. The molecule has 1 saturated heterocycles. The van der Waals surface area contributed by atoms with Crippen LogP contribution in [0.3, 0.4) is 0 Å². The molecule has 0 amide bonds. The van der Waals surface area contributed by atoms with Crippen molar-refractivity contribution in [3.8, 4) is 0 Å². The zero-order valence-electron chi connectivity index (χ0n) is 12.4. The minimum absolute atomic E-state index is 0.0972. The Morgan fingerprint density at radius 2 is 2.19 bits per heavy atom. The van der Waals surface area contributed by atoms with Crippen LogP contribution in [0.5, 0.6) is 0 Å². The summed E-state index contributed by atoms with van der Waals surface area (Å²) in [6.07, 6.45) is 3.68. The van der Waals surface area contributed by atoms with Gasteiger partial charge in [-0.25, -0.2) is 0 Å². The second kappa shape index (κ2) is 6.75. The minimum Gasteiger partial charge on any atom is -0.377 e. The van der Waals surface area contributed by atoms with Crippen LogP contribution in [-0.4, -0.2) is 23.2 Å². The van der Waals surface area contributed by atoms with Gasteiger partial charge in [-0.1, -0.05) is 29.8 Å². The molecule has 0 spiro atoms. The summed E-state index contributed by atoms with van der Waals surface area (Å²) in [5.41, 5.74) is 0.589. The van der Waals surface area contributed by atoms with Gasteiger partial charge in [0.2, 0.25) is 0 Å². The van der Waals surface area contributed by atoms with Gasteiger partial charge in [0.05, 0.1) is 10.5 Å². The van der Waals surface area contributed by atoms with Gasteiger partial charge in [-0.3, -0.25) is 10.1 Å². The number of benzene rings is 1. The van der Waals surface area contributed by atoms with Gasteiger partial charge in [-0.2, -0.15) is 0 Å². The lowest BCUT2D eigenvalue weighted by Gasteiger charge is -2.40. The third-order valence-corrected chi connectivity index (χ3v) is 4.79. The summed E-state index contributed by atoms with van der Waals surface area (Å²) in [4.78, 5) is 10.8. The van der Waals surface area contributed by atoms with E-state index in [-0.39, 0.29) is 22.3 Å². The molecule has 1 atom stereocenters. The molecular weight excluding hydrogens is 336 g/mol. The van der Waals surface area contributed by atoms with E-state index in [4.69, 9.17) is 4.74 Å². The Hall–Kier alpha value is -1.14. The third-order valence-electron chi connectivity index (χ3n) is 4.30. The second-order valence-corrected chi connectivity index (χ2v) is 6.41. The Balaban J connectivity index is 2.16. The fraction of sp³-hybridized carbons (Fsp3) is 0.600. The van der Waals surface area contributed by atoms with E-state index in [1.165, 1.54) is 6.07 Å². The van der Waals surface area contributed by atoms with E-state index in [1.807, 2.05) is 6.07 Å². The highest BCUT2D eigenvalue weighted by Gasteiger charge is 2.35. The molecule has 116 valence electrons. The van der Waals surface area contributed by atoms with Crippen molar-refractivity contribution in [2.75, 3.05) is 11.9 Å². The maximum atomic E-state index is 11.2. The first-order valence-corrected chi connectivity index (χ1v) is 8.13. The molecule has 21 heavy (non-hydrogen) atoms. The summed E-state index contributed by atoms with van der Waals surface area (Å²) < 4.78 is 6.66. The van der Waals surface area contributed by atoms with Crippen molar-refractivity contribution in [2.45, 2.75) is 51.2 Å². The molecule has 1 N–H and O–H groups in total. The van der Waals surface area contributed by atoms with Gasteiger partial charge in [0.25, 0.3) is 5.69 Å². The van der Waals surface area contributed by atoms with Crippen LogP contribution in [0.25, 0.3) is 0 Å². The number of hydrogen-bond acceptors (Lipinski definition) is 4. The number of nitrogens with zero attached hydrogens (tertiary/aromatic N) is 1. The molecule has 0 aromatic heterocycles. The van der Waals surface area contributed by atoms with E-state index in [1.54, 1.807) is 6.07 Å². The average molecular weight is 357 g/mol. The van der Waals surface area contributed by atoms with E-state index < -0.39 is 0 Å². The molecule has 1 fully saturated rings. The monoisotopic (exact) mass is 356 g/mol. The summed E-state index contributed by atoms with van der Waals surface area (Å²) in [6.45, 7) is 4.96. The van der Waals surface area contributed by atoms with E-state index in [9.17, 15) is 10.1 Å². The SMILES string of the molecule is CCC1(CC)CC(Nc2ccc(Br)cc2[N+](=O)[O-])CCO1. The lowest BCUT2D eigenvalue weighted by atomic mass is 9.86. The molecule has 1 unspecified atom stereocenters. The van der Waals surface area contributed by atoms with E-state index in [0.29, 0.717) is 16.8 Å². The highest BCUT2D eigenvalue weighted by molar-refractivity contribution is 9.10. The summed E-state index contributed by atoms with van der Waals surface area (Å²) in [5.74, 6) is 0. The zero-order valence-corrected chi connectivity index (χ0v) is 14.0. The van der Waals surface area contributed by atoms with E-state index in [0.717, 1.165) is 25.7 Å². The first kappa shape index (κ1) is 16.2. The highest BCUT2D eigenvalue weighted by Crippen LogP contribution is 2.35. The fourth-order valence-electron chi connectivity index (χ4n) is 2.89. The molecule has 1 heterocycles. The molecule has 1 aliphatic heterocycles. The van der Waals surface area contributed by atoms with Gasteiger partial charge in [0, 0.05) is 23.2 Å². The molecular formula is C15H21BrN2O3. The van der Waals surface area contributed by atoms with Crippen LogP contribution in [0.2, 0.25) is 0 Å². The summed E-state index contributed by atoms with van der Waals surface area (Å²) in [6, 6.07) is 5.33. The van der Waals surface area contributed by atoms with Crippen molar-refractivity contribution < 1.29 is 9.66 Å². The smallest absolute Gasteiger partial charge is 0.293 e. The Labute approximate surface area is 133 Å². The Bertz CT molecular complexity index is 518. The molecule has 0 radical (unpaired) electrons. The molecule has 0 saturated carbocycles. The summed E-state index contributed by atoms with van der Waals surface area (Å²) >= 11 is 3.28. The van der Waals surface area contributed by atoms with Gasteiger partial charge in [-0.05, 0) is 37.8 Å². The highest BCUT2D eigenvalue weighted by atomic mass is 79.9. The van der Waals surface area contributed by atoms with Crippen LogP contribution in [-0.2, 0) is 4.74 Å². The predicted molar refractivity (Wildman–Crippen MR) is 86.7 cm³/mol. The van der Waals surface area contributed by atoms with Gasteiger partial charge in [0.15, 0.2) is 0 Å². The number of ether oxygens (including phenoxy) is 1. The number of rotatable bonds is 5. The quantitative estimate of drug-likeness (QED) is 0.622. The van der Waals surface area contributed by atoms with Crippen LogP contribution < -0.4 is 5.32 Å². The standard InChI is InChI=1S/C15H21BrN2O3/c1-3-15(4-2)10-12(7-8-21-15)17-13-6-5-11(16)9-14(13)18(19)20/h5-6,9,12,17H,3-4,7-8,10H2,1-2H3. The van der Waals surface area contributed by atoms with Crippen LogP contribution in [0, 0.1) is 10.1 Å². The zero-order chi connectivity index (χ0) is 15.5. The molecule has 1 aliphatic rings. The lowest BCUT2D eigenvalue weighted by molar-refractivity contribution is -0.384. The molecule has 0 aliphatic carbocycles. The number of anilines is 1. The minimum atomic E-state index is -0.348. The Morgan fingerprint density at radius 1 is 1.48 bits per heavy atom. The summed E-state index contributed by atoms with van der Waals surface area (Å²) in [5, 5.41) is 14.5. The van der Waals surface area contributed by atoms with Crippen molar-refractivity contribution in [1.29, 1.82) is 0 Å². The first-order chi connectivity index (χ1) is 9.99. The Kier molecular flexibility index (Phi) is 5.22.